The Kier molecular flexibility index (Phi) is 5.91. The minimum atomic E-state index is -0.611. The summed E-state index contributed by atoms with van der Waals surface area (Å²) in [5.74, 6) is -0.184. The van der Waals surface area contributed by atoms with Gasteiger partial charge in [0.15, 0.2) is 0 Å². The molecule has 0 aliphatic carbocycles. The van der Waals surface area contributed by atoms with Crippen molar-refractivity contribution in [2.24, 2.45) is 5.92 Å². The molecule has 0 heterocycles. The maximum atomic E-state index is 12.0. The highest BCUT2D eigenvalue weighted by Crippen LogP contribution is 2.21. The molecule has 20 heavy (non-hydrogen) atoms. The van der Waals surface area contributed by atoms with Gasteiger partial charge >= 0.3 is 0 Å². The second-order valence-corrected chi connectivity index (χ2v) is 5.37. The zero-order chi connectivity index (χ0) is 15.3. The number of halogens is 1. The van der Waals surface area contributed by atoms with Crippen molar-refractivity contribution in [2.45, 2.75) is 26.3 Å². The number of benzene rings is 1. The van der Waals surface area contributed by atoms with E-state index in [1.165, 1.54) is 12.1 Å². The highest BCUT2D eigenvalue weighted by atomic mass is 35.5. The van der Waals surface area contributed by atoms with Crippen LogP contribution in [0.25, 0.3) is 0 Å². The van der Waals surface area contributed by atoms with Gasteiger partial charge in [-0.2, -0.15) is 0 Å². The van der Waals surface area contributed by atoms with E-state index in [2.05, 4.69) is 5.32 Å². The van der Waals surface area contributed by atoms with Crippen molar-refractivity contribution in [3.63, 3.8) is 0 Å². The number of nitro groups is 1. The zero-order valence-corrected chi connectivity index (χ0v) is 12.1. The molecule has 0 aromatic heterocycles. The SMILES string of the molecule is CC(C)CC(CO)NC(=O)c1cc(Cl)cc([N+](=O)[O-])c1. The maximum absolute atomic E-state index is 12.0. The Balaban J connectivity index is 2.88. The molecule has 1 rings (SSSR count). The summed E-state index contributed by atoms with van der Waals surface area (Å²) in [4.78, 5) is 22.1. The van der Waals surface area contributed by atoms with Crippen LogP contribution >= 0.6 is 11.6 Å². The van der Waals surface area contributed by atoms with E-state index >= 15 is 0 Å². The number of nitrogens with one attached hydrogen (secondary N) is 1. The van der Waals surface area contributed by atoms with E-state index in [0.717, 1.165) is 6.07 Å². The summed E-state index contributed by atoms with van der Waals surface area (Å²) >= 11 is 5.76. The van der Waals surface area contributed by atoms with Crippen molar-refractivity contribution < 1.29 is 14.8 Å². The number of carbonyl (C=O) groups is 1. The maximum Gasteiger partial charge on any atom is 0.271 e. The lowest BCUT2D eigenvalue weighted by atomic mass is 10.0. The van der Waals surface area contributed by atoms with Crippen LogP contribution in [-0.2, 0) is 0 Å². The summed E-state index contributed by atoms with van der Waals surface area (Å²) in [7, 11) is 0. The number of aliphatic hydroxyl groups excluding tert-OH is 1. The average Bonchev–Trinajstić information content (AvgIpc) is 2.36. The van der Waals surface area contributed by atoms with E-state index in [4.69, 9.17) is 11.6 Å². The molecule has 0 fully saturated rings. The summed E-state index contributed by atoms with van der Waals surface area (Å²) in [5, 5.41) is 22.7. The predicted octanol–water partition coefficient (Wildman–Crippen LogP) is 2.39. The second-order valence-electron chi connectivity index (χ2n) is 4.94. The number of nitrogens with zero attached hydrogens (tertiary/aromatic N) is 1. The van der Waals surface area contributed by atoms with Crippen LogP contribution in [0.2, 0.25) is 5.02 Å². The van der Waals surface area contributed by atoms with Gasteiger partial charge in [0.25, 0.3) is 11.6 Å². The Morgan fingerprint density at radius 3 is 2.60 bits per heavy atom. The molecule has 2 N–H and O–H groups in total. The van der Waals surface area contributed by atoms with Crippen LogP contribution < -0.4 is 5.32 Å². The van der Waals surface area contributed by atoms with Gasteiger partial charge in [0.05, 0.1) is 17.6 Å². The first kappa shape index (κ1) is 16.4. The molecule has 0 aliphatic heterocycles. The van der Waals surface area contributed by atoms with Crippen LogP contribution in [0.5, 0.6) is 0 Å². The van der Waals surface area contributed by atoms with Gasteiger partial charge in [-0.15, -0.1) is 0 Å². The topological polar surface area (TPSA) is 92.5 Å². The fourth-order valence-corrected chi connectivity index (χ4v) is 2.06. The molecule has 0 radical (unpaired) electrons. The van der Waals surface area contributed by atoms with Gasteiger partial charge in [-0.1, -0.05) is 25.4 Å². The highest BCUT2D eigenvalue weighted by Gasteiger charge is 2.17. The third kappa shape index (κ3) is 4.79. The molecule has 1 unspecified atom stereocenters. The van der Waals surface area contributed by atoms with E-state index in [1.54, 1.807) is 0 Å². The van der Waals surface area contributed by atoms with Crippen molar-refractivity contribution in [1.29, 1.82) is 0 Å². The van der Waals surface area contributed by atoms with Crippen LogP contribution in [0.1, 0.15) is 30.6 Å². The van der Waals surface area contributed by atoms with Gasteiger partial charge < -0.3 is 10.4 Å². The van der Waals surface area contributed by atoms with E-state index in [0.29, 0.717) is 12.3 Å². The summed E-state index contributed by atoms with van der Waals surface area (Å²) in [5.41, 5.74) is -0.140. The van der Waals surface area contributed by atoms with Crippen LogP contribution in [0.15, 0.2) is 18.2 Å². The quantitative estimate of drug-likeness (QED) is 0.623. The standard InChI is InChI=1S/C13H17ClN2O4/c1-8(2)3-11(7-17)15-13(18)9-4-10(14)6-12(5-9)16(19)20/h4-6,8,11,17H,3,7H2,1-2H3,(H,15,18). The molecule has 1 amide bonds. The molecule has 1 aromatic carbocycles. The summed E-state index contributed by atoms with van der Waals surface area (Å²) in [6.45, 7) is 3.75. The Morgan fingerprint density at radius 2 is 2.10 bits per heavy atom. The molecule has 1 aromatic rings. The van der Waals surface area contributed by atoms with Crippen molar-refractivity contribution in [1.82, 2.24) is 5.32 Å². The summed E-state index contributed by atoms with van der Waals surface area (Å²) < 4.78 is 0. The lowest BCUT2D eigenvalue weighted by Gasteiger charge is -2.18. The number of hydrogen-bond donors (Lipinski definition) is 2. The Hall–Kier alpha value is -1.66. The average molecular weight is 301 g/mol. The zero-order valence-electron chi connectivity index (χ0n) is 11.3. The van der Waals surface area contributed by atoms with Crippen LogP contribution in [0.4, 0.5) is 5.69 Å². The number of amides is 1. The summed E-state index contributed by atoms with van der Waals surface area (Å²) in [6.07, 6.45) is 0.616. The number of carbonyl (C=O) groups excluding carboxylic acids is 1. The van der Waals surface area contributed by atoms with Gasteiger partial charge in [0, 0.05) is 22.7 Å². The molecule has 7 heteroatoms. The minimum absolute atomic E-state index is 0.103. The number of hydrogen-bond acceptors (Lipinski definition) is 4. The number of aliphatic hydroxyl groups is 1. The lowest BCUT2D eigenvalue weighted by Crippen LogP contribution is -2.38. The normalized spacial score (nSPS) is 12.2. The monoisotopic (exact) mass is 300 g/mol. The van der Waals surface area contributed by atoms with Crippen molar-refractivity contribution >= 4 is 23.2 Å². The van der Waals surface area contributed by atoms with Crippen molar-refractivity contribution in [2.75, 3.05) is 6.61 Å². The molecule has 0 aliphatic rings. The first-order valence-corrected chi connectivity index (χ1v) is 6.58. The smallest absolute Gasteiger partial charge is 0.271 e. The van der Waals surface area contributed by atoms with Crippen LogP contribution in [0, 0.1) is 16.0 Å². The van der Waals surface area contributed by atoms with E-state index < -0.39 is 10.8 Å². The highest BCUT2D eigenvalue weighted by molar-refractivity contribution is 6.31. The fourth-order valence-electron chi connectivity index (χ4n) is 1.83. The van der Waals surface area contributed by atoms with Crippen LogP contribution in [-0.4, -0.2) is 28.6 Å². The van der Waals surface area contributed by atoms with E-state index in [-0.39, 0.29) is 28.9 Å². The molecule has 0 bridgehead atoms. The fraction of sp³-hybridized carbons (Fsp3) is 0.462. The van der Waals surface area contributed by atoms with Gasteiger partial charge in [-0.05, 0) is 18.4 Å². The molecule has 0 saturated carbocycles. The number of non-ortho nitro benzene ring substituents is 1. The van der Waals surface area contributed by atoms with Gasteiger partial charge in [0.2, 0.25) is 0 Å². The first-order valence-electron chi connectivity index (χ1n) is 6.20. The van der Waals surface area contributed by atoms with Crippen molar-refractivity contribution in [3.05, 3.63) is 38.9 Å². The van der Waals surface area contributed by atoms with Gasteiger partial charge in [-0.25, -0.2) is 0 Å². The molecule has 0 saturated heterocycles. The Bertz CT molecular complexity index is 505. The molecular weight excluding hydrogens is 284 g/mol. The third-order valence-corrected chi connectivity index (χ3v) is 2.89. The number of nitro benzene ring substituents is 1. The first-order chi connectivity index (χ1) is 9.33. The van der Waals surface area contributed by atoms with E-state index in [1.807, 2.05) is 13.8 Å². The third-order valence-electron chi connectivity index (χ3n) is 2.67. The van der Waals surface area contributed by atoms with Gasteiger partial charge in [0.1, 0.15) is 0 Å². The molecule has 1 atom stereocenters. The van der Waals surface area contributed by atoms with Crippen LogP contribution in [0.3, 0.4) is 0 Å². The molecule has 0 spiro atoms. The molecular formula is C13H17ClN2O4. The van der Waals surface area contributed by atoms with Crippen molar-refractivity contribution in [3.8, 4) is 0 Å². The lowest BCUT2D eigenvalue weighted by molar-refractivity contribution is -0.384. The minimum Gasteiger partial charge on any atom is -0.394 e. The number of rotatable bonds is 6. The molecule has 6 nitrogen and oxygen atoms in total. The Labute approximate surface area is 121 Å². The largest absolute Gasteiger partial charge is 0.394 e. The second kappa shape index (κ2) is 7.21. The van der Waals surface area contributed by atoms with Gasteiger partial charge in [-0.3, -0.25) is 14.9 Å². The van der Waals surface area contributed by atoms with E-state index in [9.17, 15) is 20.0 Å². The predicted molar refractivity (Wildman–Crippen MR) is 75.9 cm³/mol. The summed E-state index contributed by atoms with van der Waals surface area (Å²) in [6, 6.07) is 3.30. The Morgan fingerprint density at radius 1 is 1.45 bits per heavy atom. The molecule has 110 valence electrons.